The van der Waals surface area contributed by atoms with Gasteiger partial charge < -0.3 is 5.11 Å². The molecule has 3 aromatic rings. The van der Waals surface area contributed by atoms with Gasteiger partial charge in [0.1, 0.15) is 10.8 Å². The maximum absolute atomic E-state index is 9.33. The third-order valence-corrected chi connectivity index (χ3v) is 4.44. The summed E-state index contributed by atoms with van der Waals surface area (Å²) in [6.07, 6.45) is 0. The summed E-state index contributed by atoms with van der Waals surface area (Å²) < 4.78 is 2.56. The second kappa shape index (κ2) is 5.82. The summed E-state index contributed by atoms with van der Waals surface area (Å²) in [7, 11) is 0. The molecule has 0 unspecified atom stereocenters. The highest BCUT2D eigenvalue weighted by molar-refractivity contribution is 9.10. The molecule has 0 radical (unpaired) electrons. The van der Waals surface area contributed by atoms with Crippen LogP contribution in [0.15, 0.2) is 51.1 Å². The van der Waals surface area contributed by atoms with E-state index in [9.17, 15) is 5.11 Å². The Morgan fingerprint density at radius 3 is 2.62 bits per heavy atom. The molecule has 0 spiro atoms. The van der Waals surface area contributed by atoms with Crippen LogP contribution in [0.5, 0.6) is 5.75 Å². The van der Waals surface area contributed by atoms with Gasteiger partial charge in [0.2, 0.25) is 5.16 Å². The van der Waals surface area contributed by atoms with Crippen LogP contribution in [-0.4, -0.2) is 30.3 Å². The van der Waals surface area contributed by atoms with Gasteiger partial charge in [0.15, 0.2) is 0 Å². The molecule has 2 heterocycles. The summed E-state index contributed by atoms with van der Waals surface area (Å²) in [6.45, 7) is 1.93. The molecule has 6 nitrogen and oxygen atoms in total. The Bertz CT molecular complexity index is 774. The average molecular weight is 364 g/mol. The number of aryl methyl sites for hydroxylation is 1. The SMILES string of the molecule is Cc1nc(Sc2nnnn2-c2ccc(O)cc2)ccc1Br. The Hall–Kier alpha value is -1.93. The molecular weight excluding hydrogens is 354 g/mol. The van der Waals surface area contributed by atoms with Gasteiger partial charge in [0.25, 0.3) is 0 Å². The van der Waals surface area contributed by atoms with Crippen molar-refractivity contribution >= 4 is 27.7 Å². The Labute approximate surface area is 133 Å². The molecule has 0 bridgehead atoms. The minimum atomic E-state index is 0.200. The molecule has 0 amide bonds. The fraction of sp³-hybridized carbons (Fsp3) is 0.0769. The Morgan fingerprint density at radius 1 is 1.14 bits per heavy atom. The normalized spacial score (nSPS) is 10.8. The van der Waals surface area contributed by atoms with E-state index in [2.05, 4.69) is 36.4 Å². The molecule has 0 aliphatic heterocycles. The van der Waals surface area contributed by atoms with Crippen molar-refractivity contribution in [3.05, 3.63) is 46.6 Å². The van der Waals surface area contributed by atoms with Crippen molar-refractivity contribution in [1.82, 2.24) is 25.2 Å². The standard InChI is InChI=1S/C13H10BrN5OS/c1-8-11(14)6-7-12(15-8)21-13-16-17-18-19(13)9-2-4-10(20)5-3-9/h2-7,20H,1H3. The average Bonchev–Trinajstić information content (AvgIpc) is 2.92. The second-order valence-electron chi connectivity index (χ2n) is 4.21. The summed E-state index contributed by atoms with van der Waals surface area (Å²) >= 11 is 4.80. The number of tetrazole rings is 1. The first-order valence-corrected chi connectivity index (χ1v) is 7.63. The zero-order valence-corrected chi connectivity index (χ0v) is 13.3. The molecular formula is C13H10BrN5OS. The lowest BCUT2D eigenvalue weighted by molar-refractivity contribution is 0.475. The molecule has 0 aliphatic carbocycles. The zero-order chi connectivity index (χ0) is 14.8. The summed E-state index contributed by atoms with van der Waals surface area (Å²) in [4.78, 5) is 4.46. The third kappa shape index (κ3) is 3.06. The number of pyridine rings is 1. The largest absolute Gasteiger partial charge is 0.508 e. The third-order valence-electron chi connectivity index (χ3n) is 2.73. The van der Waals surface area contributed by atoms with Gasteiger partial charge in [-0.05, 0) is 81.4 Å². The van der Waals surface area contributed by atoms with E-state index in [0.717, 1.165) is 20.9 Å². The van der Waals surface area contributed by atoms with Crippen LogP contribution in [-0.2, 0) is 0 Å². The van der Waals surface area contributed by atoms with E-state index in [1.807, 2.05) is 19.1 Å². The first-order valence-electron chi connectivity index (χ1n) is 6.02. The topological polar surface area (TPSA) is 76.7 Å². The van der Waals surface area contributed by atoms with E-state index in [1.165, 1.54) is 11.8 Å². The van der Waals surface area contributed by atoms with E-state index in [1.54, 1.807) is 28.9 Å². The number of rotatable bonds is 3. The highest BCUT2D eigenvalue weighted by Gasteiger charge is 2.11. The quantitative estimate of drug-likeness (QED) is 0.770. The lowest BCUT2D eigenvalue weighted by Crippen LogP contribution is -1.98. The molecule has 1 N–H and O–H groups in total. The molecule has 0 saturated carbocycles. The van der Waals surface area contributed by atoms with Gasteiger partial charge >= 0.3 is 0 Å². The van der Waals surface area contributed by atoms with Crippen LogP contribution in [0, 0.1) is 6.92 Å². The first-order chi connectivity index (χ1) is 10.1. The molecule has 0 saturated heterocycles. The number of phenols is 1. The van der Waals surface area contributed by atoms with Crippen molar-refractivity contribution in [2.75, 3.05) is 0 Å². The second-order valence-corrected chi connectivity index (χ2v) is 6.05. The molecule has 0 atom stereocenters. The van der Waals surface area contributed by atoms with E-state index < -0.39 is 0 Å². The number of phenolic OH excluding ortho intramolecular Hbond substituents is 1. The van der Waals surface area contributed by atoms with Gasteiger partial charge in [0, 0.05) is 4.47 Å². The van der Waals surface area contributed by atoms with Crippen LogP contribution in [0.3, 0.4) is 0 Å². The number of benzene rings is 1. The van der Waals surface area contributed by atoms with Gasteiger partial charge in [-0.15, -0.1) is 5.10 Å². The molecule has 8 heteroatoms. The highest BCUT2D eigenvalue weighted by atomic mass is 79.9. The first kappa shape index (κ1) is 14.0. The number of nitrogens with zero attached hydrogens (tertiary/aromatic N) is 5. The van der Waals surface area contributed by atoms with Crippen LogP contribution in [0.4, 0.5) is 0 Å². The number of aromatic hydroxyl groups is 1. The van der Waals surface area contributed by atoms with E-state index in [0.29, 0.717) is 5.16 Å². The fourth-order valence-electron chi connectivity index (χ4n) is 1.67. The molecule has 106 valence electrons. The Kier molecular flexibility index (Phi) is 3.89. The van der Waals surface area contributed by atoms with Crippen LogP contribution >= 0.6 is 27.7 Å². The highest BCUT2D eigenvalue weighted by Crippen LogP contribution is 2.27. The molecule has 0 fully saturated rings. The minimum absolute atomic E-state index is 0.200. The van der Waals surface area contributed by atoms with E-state index >= 15 is 0 Å². The van der Waals surface area contributed by atoms with Gasteiger partial charge in [-0.2, -0.15) is 4.68 Å². The number of halogens is 1. The van der Waals surface area contributed by atoms with Crippen molar-refractivity contribution < 1.29 is 5.11 Å². The molecule has 0 aliphatic rings. The number of hydrogen-bond donors (Lipinski definition) is 1. The van der Waals surface area contributed by atoms with Gasteiger partial charge in [-0.25, -0.2) is 4.98 Å². The summed E-state index contributed by atoms with van der Waals surface area (Å²) in [6, 6.07) is 10.5. The summed E-state index contributed by atoms with van der Waals surface area (Å²) in [5, 5.41) is 22.4. The lowest BCUT2D eigenvalue weighted by Gasteiger charge is -2.05. The molecule has 1 aromatic carbocycles. The Morgan fingerprint density at radius 2 is 1.90 bits per heavy atom. The van der Waals surface area contributed by atoms with E-state index in [4.69, 9.17) is 0 Å². The minimum Gasteiger partial charge on any atom is -0.508 e. The van der Waals surface area contributed by atoms with Crippen LogP contribution in [0.1, 0.15) is 5.69 Å². The van der Waals surface area contributed by atoms with Gasteiger partial charge in [-0.1, -0.05) is 0 Å². The van der Waals surface area contributed by atoms with E-state index in [-0.39, 0.29) is 5.75 Å². The van der Waals surface area contributed by atoms with Crippen molar-refractivity contribution in [3.63, 3.8) is 0 Å². The lowest BCUT2D eigenvalue weighted by atomic mass is 10.3. The van der Waals surface area contributed by atoms with Crippen molar-refractivity contribution in [1.29, 1.82) is 0 Å². The van der Waals surface area contributed by atoms with Gasteiger partial charge in [-0.3, -0.25) is 0 Å². The maximum Gasteiger partial charge on any atom is 0.220 e. The molecule has 21 heavy (non-hydrogen) atoms. The number of hydrogen-bond acceptors (Lipinski definition) is 6. The predicted molar refractivity (Wildman–Crippen MR) is 81.6 cm³/mol. The summed E-state index contributed by atoms with van der Waals surface area (Å²) in [5.41, 5.74) is 1.68. The predicted octanol–water partition coefficient (Wildman–Crippen LogP) is 2.99. The molecule has 3 rings (SSSR count). The van der Waals surface area contributed by atoms with Crippen molar-refractivity contribution in [2.24, 2.45) is 0 Å². The Balaban J connectivity index is 1.92. The maximum atomic E-state index is 9.33. The van der Waals surface area contributed by atoms with Crippen LogP contribution < -0.4 is 0 Å². The zero-order valence-electron chi connectivity index (χ0n) is 10.9. The fourth-order valence-corrected chi connectivity index (χ4v) is 2.70. The van der Waals surface area contributed by atoms with Crippen molar-refractivity contribution in [2.45, 2.75) is 17.1 Å². The van der Waals surface area contributed by atoms with Crippen LogP contribution in [0.25, 0.3) is 5.69 Å². The van der Waals surface area contributed by atoms with Gasteiger partial charge in [0.05, 0.1) is 11.4 Å². The molecule has 2 aromatic heterocycles. The summed E-state index contributed by atoms with van der Waals surface area (Å²) in [5.74, 6) is 0.200. The monoisotopic (exact) mass is 363 g/mol. The number of aromatic nitrogens is 5. The smallest absolute Gasteiger partial charge is 0.220 e. The van der Waals surface area contributed by atoms with Crippen LogP contribution in [0.2, 0.25) is 0 Å². The van der Waals surface area contributed by atoms with Crippen molar-refractivity contribution in [3.8, 4) is 11.4 Å².